The highest BCUT2D eigenvalue weighted by atomic mass is 32.2. The van der Waals surface area contributed by atoms with Crippen molar-refractivity contribution in [1.29, 1.82) is 0 Å². The zero-order valence-electron chi connectivity index (χ0n) is 12.0. The first kappa shape index (κ1) is 14.6. The van der Waals surface area contributed by atoms with Gasteiger partial charge >= 0.3 is 0 Å². The molecule has 3 nitrogen and oxygen atoms in total. The van der Waals surface area contributed by atoms with E-state index in [-0.39, 0.29) is 0 Å². The van der Waals surface area contributed by atoms with E-state index in [0.29, 0.717) is 17.2 Å². The summed E-state index contributed by atoms with van der Waals surface area (Å²) in [7, 11) is 0.514. The van der Waals surface area contributed by atoms with Gasteiger partial charge in [0.2, 0.25) is 0 Å². The third-order valence-electron chi connectivity index (χ3n) is 3.18. The van der Waals surface area contributed by atoms with Gasteiger partial charge in [0.05, 0.1) is 29.3 Å². The van der Waals surface area contributed by atoms with Crippen molar-refractivity contribution in [2.24, 2.45) is 0 Å². The van der Waals surface area contributed by atoms with Crippen LogP contribution in [0.3, 0.4) is 0 Å². The first-order valence-corrected chi connectivity index (χ1v) is 7.71. The predicted octanol–water partition coefficient (Wildman–Crippen LogP) is 3.20. The average Bonchev–Trinajstić information content (AvgIpc) is 2.41. The fourth-order valence-electron chi connectivity index (χ4n) is 2.06. The van der Waals surface area contributed by atoms with Gasteiger partial charge in [0.15, 0.2) is 0 Å². The highest BCUT2D eigenvalue weighted by Gasteiger charge is 2.10. The molecular formula is C16H19NO2S. The summed E-state index contributed by atoms with van der Waals surface area (Å²) in [6, 6.07) is 11.6. The average molecular weight is 289 g/mol. The quantitative estimate of drug-likeness (QED) is 0.879. The molecule has 2 rings (SSSR count). The molecule has 2 aromatic carbocycles. The summed E-state index contributed by atoms with van der Waals surface area (Å²) in [5.74, 6) is 1.10. The van der Waals surface area contributed by atoms with Crippen LogP contribution in [0.2, 0.25) is 0 Å². The van der Waals surface area contributed by atoms with Crippen LogP contribution in [0, 0.1) is 13.8 Å². The highest BCUT2D eigenvalue weighted by molar-refractivity contribution is 7.84. The number of benzene rings is 2. The number of methoxy groups -OCH3 is 1. The van der Waals surface area contributed by atoms with E-state index in [4.69, 9.17) is 10.5 Å². The maximum absolute atomic E-state index is 12.5. The number of hydrogen-bond donors (Lipinski definition) is 1. The van der Waals surface area contributed by atoms with Gasteiger partial charge in [-0.15, -0.1) is 0 Å². The lowest BCUT2D eigenvalue weighted by atomic mass is 10.2. The maximum Gasteiger partial charge on any atom is 0.141 e. The Hall–Kier alpha value is -1.81. The number of nitrogens with two attached hydrogens (primary N) is 1. The summed E-state index contributed by atoms with van der Waals surface area (Å²) in [4.78, 5) is 0.888. The molecule has 106 valence electrons. The van der Waals surface area contributed by atoms with Gasteiger partial charge < -0.3 is 10.5 Å². The zero-order chi connectivity index (χ0) is 14.7. The van der Waals surface area contributed by atoms with Crippen LogP contribution in [0.4, 0.5) is 5.69 Å². The van der Waals surface area contributed by atoms with E-state index in [1.165, 1.54) is 0 Å². The Balaban J connectivity index is 2.23. The van der Waals surface area contributed by atoms with Crippen molar-refractivity contribution in [3.05, 3.63) is 53.1 Å². The Labute approximate surface area is 122 Å². The molecule has 0 bridgehead atoms. The fourth-order valence-corrected chi connectivity index (χ4v) is 3.44. The van der Waals surface area contributed by atoms with Gasteiger partial charge in [0.25, 0.3) is 0 Å². The van der Waals surface area contributed by atoms with Crippen LogP contribution in [0.15, 0.2) is 41.3 Å². The van der Waals surface area contributed by atoms with Crippen molar-refractivity contribution in [2.45, 2.75) is 24.5 Å². The van der Waals surface area contributed by atoms with Gasteiger partial charge in [-0.25, -0.2) is 0 Å². The number of aryl methyl sites for hydroxylation is 2. The molecule has 0 saturated heterocycles. The second kappa shape index (κ2) is 6.09. The summed E-state index contributed by atoms with van der Waals surface area (Å²) in [5, 5.41) is 0. The summed E-state index contributed by atoms with van der Waals surface area (Å²) in [6.07, 6.45) is 0. The minimum absolute atomic E-state index is 0.457. The highest BCUT2D eigenvalue weighted by Crippen LogP contribution is 2.24. The van der Waals surface area contributed by atoms with Gasteiger partial charge in [-0.2, -0.15) is 0 Å². The van der Waals surface area contributed by atoms with E-state index in [1.54, 1.807) is 7.11 Å². The van der Waals surface area contributed by atoms with Crippen LogP contribution in [0.25, 0.3) is 0 Å². The topological polar surface area (TPSA) is 52.3 Å². The molecule has 4 heteroatoms. The van der Waals surface area contributed by atoms with Crippen molar-refractivity contribution in [3.63, 3.8) is 0 Å². The second-order valence-electron chi connectivity index (χ2n) is 4.84. The van der Waals surface area contributed by atoms with Crippen molar-refractivity contribution >= 4 is 16.5 Å². The fraction of sp³-hybridized carbons (Fsp3) is 0.250. The Bertz CT molecular complexity index is 653. The van der Waals surface area contributed by atoms with Gasteiger partial charge in [-0.05, 0) is 48.7 Å². The molecule has 1 unspecified atom stereocenters. The van der Waals surface area contributed by atoms with Crippen LogP contribution in [0.1, 0.15) is 16.7 Å². The predicted molar refractivity (Wildman–Crippen MR) is 83.4 cm³/mol. The molecule has 2 N–H and O–H groups in total. The normalized spacial score (nSPS) is 12.2. The molecule has 0 radical (unpaired) electrons. The van der Waals surface area contributed by atoms with Gasteiger partial charge in [0, 0.05) is 4.90 Å². The Morgan fingerprint density at radius 3 is 2.55 bits per heavy atom. The first-order chi connectivity index (χ1) is 9.51. The Morgan fingerprint density at radius 2 is 1.90 bits per heavy atom. The second-order valence-corrected chi connectivity index (χ2v) is 6.25. The molecule has 0 fully saturated rings. The Morgan fingerprint density at radius 1 is 1.15 bits per heavy atom. The summed E-state index contributed by atoms with van der Waals surface area (Å²) >= 11 is 0. The number of hydrogen-bond acceptors (Lipinski definition) is 3. The molecule has 0 saturated carbocycles. The van der Waals surface area contributed by atoms with E-state index in [1.807, 2.05) is 50.2 Å². The third kappa shape index (κ3) is 3.20. The van der Waals surface area contributed by atoms with Crippen LogP contribution < -0.4 is 10.5 Å². The summed E-state index contributed by atoms with van der Waals surface area (Å²) in [6.45, 7) is 3.99. The largest absolute Gasteiger partial charge is 0.495 e. The SMILES string of the molecule is COc1ccc(CS(=O)c2cc(C)ccc2C)cc1N. The molecule has 2 aromatic rings. The molecule has 0 aromatic heterocycles. The summed E-state index contributed by atoms with van der Waals surface area (Å²) in [5.41, 5.74) is 9.57. The standard InChI is InChI=1S/C16H19NO2S/c1-11-4-5-12(2)16(8-11)20(18)10-13-6-7-15(19-3)14(17)9-13/h4-9H,10,17H2,1-3H3. The monoisotopic (exact) mass is 289 g/mol. The van der Waals surface area contributed by atoms with E-state index in [0.717, 1.165) is 21.6 Å². The smallest absolute Gasteiger partial charge is 0.141 e. The minimum atomic E-state index is -1.07. The van der Waals surface area contributed by atoms with Crippen LogP contribution in [-0.4, -0.2) is 11.3 Å². The molecular weight excluding hydrogens is 270 g/mol. The molecule has 0 spiro atoms. The van der Waals surface area contributed by atoms with Crippen molar-refractivity contribution < 1.29 is 8.95 Å². The van der Waals surface area contributed by atoms with Crippen molar-refractivity contribution in [3.8, 4) is 5.75 Å². The van der Waals surface area contributed by atoms with Crippen molar-refractivity contribution in [2.75, 3.05) is 12.8 Å². The molecule has 1 atom stereocenters. The maximum atomic E-state index is 12.5. The molecule has 20 heavy (non-hydrogen) atoms. The lowest BCUT2D eigenvalue weighted by Crippen LogP contribution is -2.01. The van der Waals surface area contributed by atoms with E-state index >= 15 is 0 Å². The molecule has 0 aliphatic heterocycles. The van der Waals surface area contributed by atoms with Gasteiger partial charge in [-0.1, -0.05) is 18.2 Å². The molecule has 0 aliphatic rings. The van der Waals surface area contributed by atoms with Crippen LogP contribution in [0.5, 0.6) is 5.75 Å². The van der Waals surface area contributed by atoms with Crippen molar-refractivity contribution in [1.82, 2.24) is 0 Å². The van der Waals surface area contributed by atoms with E-state index in [9.17, 15) is 4.21 Å². The van der Waals surface area contributed by atoms with Gasteiger partial charge in [0.1, 0.15) is 5.75 Å². The number of ether oxygens (including phenoxy) is 1. The first-order valence-electron chi connectivity index (χ1n) is 6.39. The lowest BCUT2D eigenvalue weighted by Gasteiger charge is -2.09. The van der Waals surface area contributed by atoms with Gasteiger partial charge in [-0.3, -0.25) is 4.21 Å². The van der Waals surface area contributed by atoms with E-state index < -0.39 is 10.8 Å². The van der Waals surface area contributed by atoms with Crippen LogP contribution >= 0.6 is 0 Å². The number of nitrogen functional groups attached to an aromatic ring is 1. The number of rotatable bonds is 4. The zero-order valence-corrected chi connectivity index (χ0v) is 12.8. The summed E-state index contributed by atoms with van der Waals surface area (Å²) < 4.78 is 17.6. The lowest BCUT2D eigenvalue weighted by molar-refractivity contribution is 0.417. The Kier molecular flexibility index (Phi) is 4.45. The molecule has 0 amide bonds. The van der Waals surface area contributed by atoms with E-state index in [2.05, 4.69) is 0 Å². The molecule has 0 aliphatic carbocycles. The molecule has 0 heterocycles. The third-order valence-corrected chi connectivity index (χ3v) is 4.71. The number of anilines is 1. The minimum Gasteiger partial charge on any atom is -0.495 e. The van der Waals surface area contributed by atoms with Crippen LogP contribution in [-0.2, 0) is 16.6 Å².